The highest BCUT2D eigenvalue weighted by Gasteiger charge is 2.37. The summed E-state index contributed by atoms with van der Waals surface area (Å²) >= 11 is 1.56. The van der Waals surface area contributed by atoms with E-state index in [0.717, 1.165) is 11.8 Å². The maximum Gasteiger partial charge on any atom is 0.315 e. The number of aliphatic hydroxyl groups is 1. The van der Waals surface area contributed by atoms with E-state index >= 15 is 0 Å². The monoisotopic (exact) mass is 659 g/mol. The summed E-state index contributed by atoms with van der Waals surface area (Å²) in [5, 5.41) is 25.9. The van der Waals surface area contributed by atoms with Crippen LogP contribution in [0.15, 0.2) is 53.1 Å². The molecule has 2 aromatic rings. The number of thioether (sulfide) groups is 1. The number of benzene rings is 1. The molecule has 0 aliphatic heterocycles. The van der Waals surface area contributed by atoms with Gasteiger partial charge >= 0.3 is 6.03 Å². The highest BCUT2D eigenvalue weighted by molar-refractivity contribution is 7.98. The third-order valence-electron chi connectivity index (χ3n) is 7.98. The zero-order valence-corrected chi connectivity index (χ0v) is 28.8. The lowest BCUT2D eigenvalue weighted by atomic mass is 9.86. The second-order valence-corrected chi connectivity index (χ2v) is 13.6. The lowest BCUT2D eigenvalue weighted by Crippen LogP contribution is -2.60. The molecular formula is C34H53N5O6S. The van der Waals surface area contributed by atoms with Gasteiger partial charge in [0.25, 0.3) is 0 Å². The van der Waals surface area contributed by atoms with Crippen molar-refractivity contribution >= 4 is 35.9 Å². The zero-order valence-electron chi connectivity index (χ0n) is 28.0. The van der Waals surface area contributed by atoms with E-state index in [0.29, 0.717) is 30.9 Å². The van der Waals surface area contributed by atoms with Gasteiger partial charge in [0.1, 0.15) is 23.6 Å². The van der Waals surface area contributed by atoms with Crippen LogP contribution in [0.25, 0.3) is 0 Å². The van der Waals surface area contributed by atoms with Crippen molar-refractivity contribution < 1.29 is 28.7 Å². The van der Waals surface area contributed by atoms with E-state index in [1.54, 1.807) is 30.8 Å². The standard InChI is InChI=1S/C34H53N5O6S/c1-23(2)17-29(37-32(43)28(14-16-46-6)38-33(44)36-20-27-13-10-15-45-27)30(41)18-25(5)31(42)39-34(22-40,24(3)4)21-35-19-26-11-8-7-9-12-26/h7-13,15,22-25,28-30,35,41H,14,16-21H2,1-6H3,(H,37,43)(H,39,42)(H2,36,38,44)/t25-,28+,29+,30+,34-/m1/s1. The Bertz CT molecular complexity index is 1200. The summed E-state index contributed by atoms with van der Waals surface area (Å²) in [7, 11) is 0. The molecule has 256 valence electrons. The van der Waals surface area contributed by atoms with E-state index in [9.17, 15) is 24.3 Å². The number of furan rings is 1. The normalized spacial score (nSPS) is 15.3. The van der Waals surface area contributed by atoms with Crippen molar-refractivity contribution in [2.24, 2.45) is 17.8 Å². The van der Waals surface area contributed by atoms with Crippen LogP contribution in [-0.4, -0.2) is 71.5 Å². The molecular weight excluding hydrogens is 606 g/mol. The van der Waals surface area contributed by atoms with Crippen LogP contribution in [0, 0.1) is 17.8 Å². The summed E-state index contributed by atoms with van der Waals surface area (Å²) in [5.74, 6) is -0.244. The Kier molecular flexibility index (Phi) is 16.9. The Morgan fingerprint density at radius 1 is 0.957 bits per heavy atom. The van der Waals surface area contributed by atoms with Crippen molar-refractivity contribution in [1.82, 2.24) is 26.6 Å². The minimum absolute atomic E-state index is 0.0700. The van der Waals surface area contributed by atoms with Gasteiger partial charge in [-0.05, 0) is 60.8 Å². The van der Waals surface area contributed by atoms with Gasteiger partial charge in [0.05, 0.1) is 25.0 Å². The first-order valence-electron chi connectivity index (χ1n) is 16.0. The van der Waals surface area contributed by atoms with E-state index in [1.165, 1.54) is 6.26 Å². The van der Waals surface area contributed by atoms with Gasteiger partial charge in [-0.3, -0.25) is 9.59 Å². The minimum atomic E-state index is -1.13. The molecule has 6 N–H and O–H groups in total. The van der Waals surface area contributed by atoms with Crippen LogP contribution in [0.4, 0.5) is 4.79 Å². The SMILES string of the molecule is CSCC[C@H](NC(=O)NCc1ccco1)C(=O)N[C@@H](CC(C)C)[C@@H](O)C[C@@H](C)C(=O)N[C@@](C=O)(CNCc1ccccc1)C(C)C. The molecule has 0 aliphatic rings. The zero-order chi connectivity index (χ0) is 34.1. The second kappa shape index (κ2) is 20.0. The first kappa shape index (κ1) is 38.8. The van der Waals surface area contributed by atoms with Crippen molar-refractivity contribution in [1.29, 1.82) is 0 Å². The number of aldehydes is 1. The number of urea groups is 1. The van der Waals surface area contributed by atoms with Crippen molar-refractivity contribution in [2.75, 3.05) is 18.6 Å². The van der Waals surface area contributed by atoms with Crippen molar-refractivity contribution in [2.45, 2.75) is 90.7 Å². The fourth-order valence-corrected chi connectivity index (χ4v) is 5.46. The van der Waals surface area contributed by atoms with Crippen LogP contribution in [0.3, 0.4) is 0 Å². The maximum absolute atomic E-state index is 13.4. The molecule has 1 aromatic carbocycles. The molecule has 0 saturated carbocycles. The molecule has 0 fully saturated rings. The summed E-state index contributed by atoms with van der Waals surface area (Å²) < 4.78 is 5.24. The van der Waals surface area contributed by atoms with Crippen LogP contribution in [0.5, 0.6) is 0 Å². The largest absolute Gasteiger partial charge is 0.467 e. The number of hydrogen-bond donors (Lipinski definition) is 6. The van der Waals surface area contributed by atoms with E-state index in [2.05, 4.69) is 26.6 Å². The topological polar surface area (TPSA) is 162 Å². The summed E-state index contributed by atoms with van der Waals surface area (Å²) in [6, 6.07) is 11.3. The molecule has 2 rings (SSSR count). The average molecular weight is 660 g/mol. The number of carbonyl (C=O) groups excluding carboxylic acids is 4. The molecule has 0 radical (unpaired) electrons. The quantitative estimate of drug-likeness (QED) is 0.111. The Hall–Kier alpha value is -3.35. The van der Waals surface area contributed by atoms with Crippen molar-refractivity contribution in [3.63, 3.8) is 0 Å². The molecule has 0 unspecified atom stereocenters. The third-order valence-corrected chi connectivity index (χ3v) is 8.63. The van der Waals surface area contributed by atoms with Crippen molar-refractivity contribution in [3.05, 3.63) is 60.1 Å². The van der Waals surface area contributed by atoms with Gasteiger partial charge in [0.15, 0.2) is 0 Å². The molecule has 46 heavy (non-hydrogen) atoms. The summed E-state index contributed by atoms with van der Waals surface area (Å²) in [4.78, 5) is 51.8. The lowest BCUT2D eigenvalue weighted by Gasteiger charge is -2.35. The number of amides is 4. The van der Waals surface area contributed by atoms with Gasteiger partial charge in [-0.25, -0.2) is 4.79 Å². The third kappa shape index (κ3) is 13.2. The smallest absolute Gasteiger partial charge is 0.315 e. The fraction of sp³-hybridized carbons (Fsp3) is 0.588. The molecule has 1 heterocycles. The van der Waals surface area contributed by atoms with Crippen LogP contribution >= 0.6 is 11.8 Å². The molecule has 4 amide bonds. The van der Waals surface area contributed by atoms with E-state index in [4.69, 9.17) is 4.42 Å². The fourth-order valence-electron chi connectivity index (χ4n) is 4.99. The van der Waals surface area contributed by atoms with E-state index < -0.39 is 41.6 Å². The van der Waals surface area contributed by atoms with Crippen molar-refractivity contribution in [3.8, 4) is 0 Å². The predicted molar refractivity (Wildman–Crippen MR) is 182 cm³/mol. The molecule has 0 saturated heterocycles. The first-order valence-corrected chi connectivity index (χ1v) is 17.4. The molecule has 0 aliphatic carbocycles. The van der Waals surface area contributed by atoms with Gasteiger partial charge < -0.3 is 40.9 Å². The van der Waals surface area contributed by atoms with E-state index in [1.807, 2.05) is 64.3 Å². The van der Waals surface area contributed by atoms with Gasteiger partial charge in [-0.15, -0.1) is 0 Å². The minimum Gasteiger partial charge on any atom is -0.467 e. The van der Waals surface area contributed by atoms with Crippen LogP contribution < -0.4 is 26.6 Å². The number of nitrogens with one attached hydrogen (secondary N) is 5. The van der Waals surface area contributed by atoms with Gasteiger partial charge in [0.2, 0.25) is 11.8 Å². The van der Waals surface area contributed by atoms with E-state index in [-0.39, 0.29) is 37.3 Å². The Labute approximate surface area is 277 Å². The lowest BCUT2D eigenvalue weighted by molar-refractivity contribution is -0.131. The summed E-state index contributed by atoms with van der Waals surface area (Å²) in [6.07, 6.45) is 4.11. The summed E-state index contributed by atoms with van der Waals surface area (Å²) in [6.45, 7) is 10.4. The Balaban J connectivity index is 2.04. The molecule has 1 aromatic heterocycles. The molecule has 11 nitrogen and oxygen atoms in total. The number of aliphatic hydroxyl groups excluding tert-OH is 1. The number of hydrogen-bond acceptors (Lipinski definition) is 8. The highest BCUT2D eigenvalue weighted by atomic mass is 32.2. The Morgan fingerprint density at radius 3 is 2.26 bits per heavy atom. The van der Waals surface area contributed by atoms with Gasteiger partial charge in [0, 0.05) is 19.0 Å². The average Bonchev–Trinajstić information content (AvgIpc) is 3.55. The Morgan fingerprint density at radius 2 is 1.67 bits per heavy atom. The number of carbonyl (C=O) groups is 4. The summed E-state index contributed by atoms with van der Waals surface area (Å²) in [5.41, 5.74) is -0.0721. The predicted octanol–water partition coefficient (Wildman–Crippen LogP) is 3.62. The van der Waals surface area contributed by atoms with Crippen LogP contribution in [-0.2, 0) is 27.5 Å². The second-order valence-electron chi connectivity index (χ2n) is 12.6. The molecule has 12 heteroatoms. The van der Waals surface area contributed by atoms with Gasteiger partial charge in [-0.2, -0.15) is 11.8 Å². The maximum atomic E-state index is 13.4. The van der Waals surface area contributed by atoms with Crippen LogP contribution in [0.2, 0.25) is 0 Å². The molecule has 5 atom stereocenters. The highest BCUT2D eigenvalue weighted by Crippen LogP contribution is 2.20. The van der Waals surface area contributed by atoms with Gasteiger partial charge in [-0.1, -0.05) is 65.0 Å². The number of rotatable bonds is 21. The van der Waals surface area contributed by atoms with Crippen LogP contribution in [0.1, 0.15) is 65.2 Å². The molecule has 0 spiro atoms. The molecule has 0 bridgehead atoms. The first-order chi connectivity index (χ1) is 21.9.